The van der Waals surface area contributed by atoms with Crippen molar-refractivity contribution in [2.75, 3.05) is 23.1 Å². The van der Waals surface area contributed by atoms with E-state index in [1.54, 1.807) is 12.0 Å². The van der Waals surface area contributed by atoms with Gasteiger partial charge in [-0.2, -0.15) is 0 Å². The number of amides is 2. The first-order chi connectivity index (χ1) is 14.6. The lowest BCUT2D eigenvalue weighted by Crippen LogP contribution is -2.29. The van der Waals surface area contributed by atoms with Crippen LogP contribution in [0.2, 0.25) is 0 Å². The number of carbonyl (C=O) groups excluding carboxylic acids is 2. The average Bonchev–Trinajstić information content (AvgIpc) is 3.15. The van der Waals surface area contributed by atoms with Crippen LogP contribution >= 0.6 is 11.8 Å². The molecule has 152 valence electrons. The number of nitrogens with zero attached hydrogens (tertiary/aromatic N) is 1. The van der Waals surface area contributed by atoms with Crippen molar-refractivity contribution >= 4 is 35.0 Å². The van der Waals surface area contributed by atoms with Gasteiger partial charge in [-0.05, 0) is 37.3 Å². The van der Waals surface area contributed by atoms with Crippen LogP contribution in [0.15, 0.2) is 72.8 Å². The van der Waals surface area contributed by atoms with Crippen molar-refractivity contribution in [1.29, 1.82) is 0 Å². The molecule has 0 spiro atoms. The highest BCUT2D eigenvalue weighted by atomic mass is 32.2. The van der Waals surface area contributed by atoms with Gasteiger partial charge in [0.05, 0.1) is 18.6 Å². The molecule has 5 nitrogen and oxygen atoms in total. The van der Waals surface area contributed by atoms with Gasteiger partial charge in [-0.15, -0.1) is 11.8 Å². The van der Waals surface area contributed by atoms with Crippen molar-refractivity contribution in [2.24, 2.45) is 0 Å². The van der Waals surface area contributed by atoms with Gasteiger partial charge in [-0.1, -0.05) is 48.0 Å². The molecule has 6 heteroatoms. The number of thioether (sulfide) groups is 1. The highest BCUT2D eigenvalue weighted by Crippen LogP contribution is 2.46. The molecule has 3 aromatic carbocycles. The number of benzene rings is 3. The molecule has 1 aliphatic heterocycles. The van der Waals surface area contributed by atoms with Crippen molar-refractivity contribution < 1.29 is 14.3 Å². The fraction of sp³-hybridized carbons (Fsp3) is 0.167. The first-order valence-electron chi connectivity index (χ1n) is 9.62. The molecular formula is C24H22N2O3S. The normalized spacial score (nSPS) is 15.9. The fourth-order valence-corrected chi connectivity index (χ4v) is 4.67. The number of para-hydroxylation sites is 3. The number of hydrogen-bond acceptors (Lipinski definition) is 4. The Labute approximate surface area is 180 Å². The molecule has 30 heavy (non-hydrogen) atoms. The zero-order valence-electron chi connectivity index (χ0n) is 16.8. The van der Waals surface area contributed by atoms with E-state index in [2.05, 4.69) is 5.32 Å². The summed E-state index contributed by atoms with van der Waals surface area (Å²) in [6, 6.07) is 22.5. The molecule has 1 fully saturated rings. The molecule has 0 aliphatic carbocycles. The molecular weight excluding hydrogens is 396 g/mol. The second kappa shape index (κ2) is 8.63. The Kier molecular flexibility index (Phi) is 5.77. The monoisotopic (exact) mass is 418 g/mol. The highest BCUT2D eigenvalue weighted by Gasteiger charge is 2.36. The van der Waals surface area contributed by atoms with Gasteiger partial charge in [0.15, 0.2) is 0 Å². The van der Waals surface area contributed by atoms with Crippen molar-refractivity contribution in [2.45, 2.75) is 12.3 Å². The summed E-state index contributed by atoms with van der Waals surface area (Å²) >= 11 is 1.53. The molecule has 0 saturated carbocycles. The topological polar surface area (TPSA) is 58.6 Å². The smallest absolute Gasteiger partial charge is 0.255 e. The molecule has 0 aromatic heterocycles. The van der Waals surface area contributed by atoms with Crippen molar-refractivity contribution in [3.63, 3.8) is 0 Å². The Morgan fingerprint density at radius 3 is 2.50 bits per heavy atom. The quantitative estimate of drug-likeness (QED) is 0.631. The summed E-state index contributed by atoms with van der Waals surface area (Å²) in [5.41, 5.74) is 3.97. The Morgan fingerprint density at radius 2 is 1.73 bits per heavy atom. The lowest BCUT2D eigenvalue weighted by Gasteiger charge is -2.27. The second-order valence-corrected chi connectivity index (χ2v) is 8.07. The van der Waals surface area contributed by atoms with E-state index < -0.39 is 0 Å². The predicted molar refractivity (Wildman–Crippen MR) is 121 cm³/mol. The van der Waals surface area contributed by atoms with E-state index in [4.69, 9.17) is 4.74 Å². The van der Waals surface area contributed by atoms with Crippen LogP contribution in [0, 0.1) is 6.92 Å². The SMILES string of the molecule is COc1ccccc1N1C(=O)CSC1c1ccccc1NC(=O)c1ccc(C)cc1. The molecule has 0 radical (unpaired) electrons. The minimum absolute atomic E-state index is 0.00849. The van der Waals surface area contributed by atoms with Crippen LogP contribution in [-0.4, -0.2) is 24.7 Å². The Morgan fingerprint density at radius 1 is 1.03 bits per heavy atom. The Balaban J connectivity index is 1.68. The minimum Gasteiger partial charge on any atom is -0.495 e. The van der Waals surface area contributed by atoms with Gasteiger partial charge in [0.1, 0.15) is 11.1 Å². The van der Waals surface area contributed by atoms with Crippen LogP contribution in [0.1, 0.15) is 26.9 Å². The van der Waals surface area contributed by atoms with Gasteiger partial charge in [0.2, 0.25) is 5.91 Å². The van der Waals surface area contributed by atoms with Crippen LogP contribution in [0.3, 0.4) is 0 Å². The number of carbonyl (C=O) groups is 2. The molecule has 0 bridgehead atoms. The zero-order valence-corrected chi connectivity index (χ0v) is 17.6. The lowest BCUT2D eigenvalue weighted by molar-refractivity contribution is -0.115. The minimum atomic E-state index is -0.261. The number of hydrogen-bond donors (Lipinski definition) is 1. The molecule has 1 N–H and O–H groups in total. The van der Waals surface area contributed by atoms with E-state index in [-0.39, 0.29) is 17.2 Å². The van der Waals surface area contributed by atoms with Gasteiger partial charge in [-0.25, -0.2) is 0 Å². The summed E-state index contributed by atoms with van der Waals surface area (Å²) in [7, 11) is 1.59. The fourth-order valence-electron chi connectivity index (χ4n) is 3.47. The van der Waals surface area contributed by atoms with Gasteiger partial charge >= 0.3 is 0 Å². The van der Waals surface area contributed by atoms with Crippen molar-refractivity contribution in [1.82, 2.24) is 0 Å². The average molecular weight is 419 g/mol. The van der Waals surface area contributed by atoms with E-state index in [0.717, 1.165) is 16.8 Å². The van der Waals surface area contributed by atoms with Gasteiger partial charge in [0, 0.05) is 16.8 Å². The maximum absolute atomic E-state index is 12.8. The van der Waals surface area contributed by atoms with Crippen molar-refractivity contribution in [3.8, 4) is 5.75 Å². The summed E-state index contributed by atoms with van der Waals surface area (Å²) in [5.74, 6) is 0.831. The molecule has 4 rings (SSSR count). The first kappa shape index (κ1) is 20.0. The summed E-state index contributed by atoms with van der Waals surface area (Å²) < 4.78 is 5.48. The van der Waals surface area contributed by atoms with Crippen LogP contribution in [-0.2, 0) is 4.79 Å². The van der Waals surface area contributed by atoms with E-state index in [1.807, 2.05) is 79.7 Å². The molecule has 1 saturated heterocycles. The second-order valence-electron chi connectivity index (χ2n) is 7.01. The Bertz CT molecular complexity index is 1080. The number of anilines is 2. The summed E-state index contributed by atoms with van der Waals surface area (Å²) in [5, 5.41) is 2.76. The van der Waals surface area contributed by atoms with E-state index in [0.29, 0.717) is 22.8 Å². The third-order valence-corrected chi connectivity index (χ3v) is 6.20. The number of methoxy groups -OCH3 is 1. The molecule has 1 aliphatic rings. The first-order valence-corrected chi connectivity index (χ1v) is 10.7. The largest absolute Gasteiger partial charge is 0.495 e. The Hall–Kier alpha value is -3.25. The number of aryl methyl sites for hydroxylation is 1. The highest BCUT2D eigenvalue weighted by molar-refractivity contribution is 8.00. The van der Waals surface area contributed by atoms with Gasteiger partial charge in [0.25, 0.3) is 5.91 Å². The molecule has 1 atom stereocenters. The molecule has 1 unspecified atom stereocenters. The van der Waals surface area contributed by atoms with Crippen LogP contribution in [0.5, 0.6) is 5.75 Å². The van der Waals surface area contributed by atoms with Gasteiger partial charge < -0.3 is 10.1 Å². The maximum Gasteiger partial charge on any atom is 0.255 e. The van der Waals surface area contributed by atoms with Crippen LogP contribution in [0.4, 0.5) is 11.4 Å². The third-order valence-electron chi connectivity index (χ3n) is 5.00. The summed E-state index contributed by atoms with van der Waals surface area (Å²) in [6.07, 6.45) is 0. The number of nitrogens with one attached hydrogen (secondary N) is 1. The standard InChI is InChI=1S/C24H22N2O3S/c1-16-11-13-17(14-12-16)23(28)25-19-8-4-3-7-18(19)24-26(22(27)15-30-24)20-9-5-6-10-21(20)29-2/h3-14,24H,15H2,1-2H3,(H,25,28). The molecule has 3 aromatic rings. The van der Waals surface area contributed by atoms with Crippen molar-refractivity contribution in [3.05, 3.63) is 89.5 Å². The predicted octanol–water partition coefficient (Wildman–Crippen LogP) is 5.03. The summed E-state index contributed by atoms with van der Waals surface area (Å²) in [6.45, 7) is 1.98. The van der Waals surface area contributed by atoms with Crippen LogP contribution < -0.4 is 15.0 Å². The number of ether oxygens (including phenoxy) is 1. The lowest BCUT2D eigenvalue weighted by atomic mass is 10.1. The van der Waals surface area contributed by atoms with Crippen LogP contribution in [0.25, 0.3) is 0 Å². The molecule has 1 heterocycles. The van der Waals surface area contributed by atoms with E-state index in [1.165, 1.54) is 11.8 Å². The van der Waals surface area contributed by atoms with Gasteiger partial charge in [-0.3, -0.25) is 14.5 Å². The molecule has 2 amide bonds. The maximum atomic E-state index is 12.8. The number of rotatable bonds is 5. The van der Waals surface area contributed by atoms with E-state index in [9.17, 15) is 9.59 Å². The van der Waals surface area contributed by atoms with E-state index >= 15 is 0 Å². The summed E-state index contributed by atoms with van der Waals surface area (Å²) in [4.78, 5) is 27.3. The zero-order chi connectivity index (χ0) is 21.1. The third kappa shape index (κ3) is 3.91.